The third kappa shape index (κ3) is 6.08. The van der Waals surface area contributed by atoms with Crippen LogP contribution in [0.15, 0.2) is 12.3 Å². The van der Waals surface area contributed by atoms with E-state index in [4.69, 9.17) is 5.10 Å². The second kappa shape index (κ2) is 7.82. The Morgan fingerprint density at radius 2 is 1.90 bits per heavy atom. The average Bonchev–Trinajstić information content (AvgIpc) is 2.83. The molecule has 1 unspecified atom stereocenters. The third-order valence-electron chi connectivity index (χ3n) is 3.85. The standard InChI is InChI=1S/C17H33N3/c1-7-16(8-2)20-12-11-15(19-20)10-9-14(3)13-18-17(4,5)6/h11-12,14,16,18H,7-10,13H2,1-6H3. The monoisotopic (exact) mass is 279 g/mol. The predicted octanol–water partition coefficient (Wildman–Crippen LogP) is 4.20. The zero-order valence-corrected chi connectivity index (χ0v) is 14.2. The molecule has 3 heteroatoms. The number of hydrogen-bond acceptors (Lipinski definition) is 2. The summed E-state index contributed by atoms with van der Waals surface area (Å²) in [6, 6.07) is 2.74. The molecule has 0 amide bonds. The molecule has 0 radical (unpaired) electrons. The topological polar surface area (TPSA) is 29.9 Å². The van der Waals surface area contributed by atoms with Crippen LogP contribution in [0.3, 0.4) is 0 Å². The third-order valence-corrected chi connectivity index (χ3v) is 3.85. The summed E-state index contributed by atoms with van der Waals surface area (Å²) in [4.78, 5) is 0. The van der Waals surface area contributed by atoms with Gasteiger partial charge in [0.05, 0.1) is 11.7 Å². The van der Waals surface area contributed by atoms with Crippen molar-refractivity contribution in [3.05, 3.63) is 18.0 Å². The summed E-state index contributed by atoms with van der Waals surface area (Å²) in [5.74, 6) is 0.688. The summed E-state index contributed by atoms with van der Waals surface area (Å²) in [6.07, 6.45) is 6.74. The van der Waals surface area contributed by atoms with Crippen molar-refractivity contribution in [2.24, 2.45) is 5.92 Å². The predicted molar refractivity (Wildman–Crippen MR) is 87.1 cm³/mol. The summed E-state index contributed by atoms with van der Waals surface area (Å²) in [5, 5.41) is 8.30. The van der Waals surface area contributed by atoms with Gasteiger partial charge in [0, 0.05) is 11.7 Å². The molecule has 116 valence electrons. The Labute approximate surface area is 125 Å². The van der Waals surface area contributed by atoms with E-state index < -0.39 is 0 Å². The Balaban J connectivity index is 2.38. The Morgan fingerprint density at radius 3 is 2.45 bits per heavy atom. The van der Waals surface area contributed by atoms with Crippen molar-refractivity contribution < 1.29 is 0 Å². The van der Waals surface area contributed by atoms with Crippen LogP contribution in [0.4, 0.5) is 0 Å². The van der Waals surface area contributed by atoms with Crippen LogP contribution in [-0.2, 0) is 6.42 Å². The molecule has 1 atom stereocenters. The number of hydrogen-bond donors (Lipinski definition) is 1. The molecule has 1 heterocycles. The average molecular weight is 279 g/mol. The van der Waals surface area contributed by atoms with Gasteiger partial charge in [-0.1, -0.05) is 20.8 Å². The van der Waals surface area contributed by atoms with Gasteiger partial charge in [-0.3, -0.25) is 4.68 Å². The smallest absolute Gasteiger partial charge is 0.0624 e. The molecule has 0 aliphatic heterocycles. The van der Waals surface area contributed by atoms with Crippen molar-refractivity contribution in [2.75, 3.05) is 6.54 Å². The van der Waals surface area contributed by atoms with Gasteiger partial charge in [-0.15, -0.1) is 0 Å². The summed E-state index contributed by atoms with van der Waals surface area (Å²) < 4.78 is 2.15. The lowest BCUT2D eigenvalue weighted by molar-refractivity contribution is 0.371. The van der Waals surface area contributed by atoms with Crippen molar-refractivity contribution in [2.45, 2.75) is 78.8 Å². The van der Waals surface area contributed by atoms with Gasteiger partial charge < -0.3 is 5.32 Å². The van der Waals surface area contributed by atoms with E-state index >= 15 is 0 Å². The highest BCUT2D eigenvalue weighted by atomic mass is 15.3. The van der Waals surface area contributed by atoms with Gasteiger partial charge in [0.1, 0.15) is 0 Å². The number of aryl methyl sites for hydroxylation is 1. The van der Waals surface area contributed by atoms with Crippen LogP contribution < -0.4 is 5.32 Å². The zero-order valence-electron chi connectivity index (χ0n) is 14.2. The number of aromatic nitrogens is 2. The normalized spacial score (nSPS) is 13.9. The minimum atomic E-state index is 0.214. The first kappa shape index (κ1) is 17.2. The van der Waals surface area contributed by atoms with E-state index in [1.807, 2.05) is 0 Å². The van der Waals surface area contributed by atoms with Gasteiger partial charge in [0.2, 0.25) is 0 Å². The number of nitrogens with zero attached hydrogens (tertiary/aromatic N) is 2. The second-order valence-corrected chi connectivity index (χ2v) is 7.03. The molecule has 1 N–H and O–H groups in total. The summed E-state index contributed by atoms with van der Waals surface area (Å²) in [5.41, 5.74) is 1.45. The highest BCUT2D eigenvalue weighted by Crippen LogP contribution is 2.16. The Bertz CT molecular complexity index is 372. The lowest BCUT2D eigenvalue weighted by atomic mass is 10.0. The second-order valence-electron chi connectivity index (χ2n) is 7.03. The molecule has 0 aliphatic carbocycles. The molecule has 0 spiro atoms. The van der Waals surface area contributed by atoms with E-state index in [2.05, 4.69) is 63.8 Å². The van der Waals surface area contributed by atoms with Gasteiger partial charge in [-0.05, 0) is 65.0 Å². The lowest BCUT2D eigenvalue weighted by Gasteiger charge is -2.23. The first-order valence-electron chi connectivity index (χ1n) is 8.14. The zero-order chi connectivity index (χ0) is 15.2. The quantitative estimate of drug-likeness (QED) is 0.773. The Kier molecular flexibility index (Phi) is 6.74. The molecule has 0 saturated heterocycles. The summed E-state index contributed by atoms with van der Waals surface area (Å²) >= 11 is 0. The van der Waals surface area contributed by atoms with Gasteiger partial charge >= 0.3 is 0 Å². The molecule has 3 nitrogen and oxygen atoms in total. The highest BCUT2D eigenvalue weighted by molar-refractivity contribution is 5.00. The van der Waals surface area contributed by atoms with Gasteiger partial charge in [0.25, 0.3) is 0 Å². The molecule has 1 rings (SSSR count). The van der Waals surface area contributed by atoms with Crippen LogP contribution in [0.25, 0.3) is 0 Å². The molecule has 0 aromatic carbocycles. The Morgan fingerprint density at radius 1 is 1.25 bits per heavy atom. The van der Waals surface area contributed by atoms with E-state index in [0.29, 0.717) is 12.0 Å². The van der Waals surface area contributed by atoms with E-state index in [1.165, 1.54) is 12.1 Å². The molecule has 0 aliphatic rings. The molecule has 1 aromatic rings. The number of rotatable bonds is 8. The first-order chi connectivity index (χ1) is 9.35. The highest BCUT2D eigenvalue weighted by Gasteiger charge is 2.12. The van der Waals surface area contributed by atoms with Crippen LogP contribution in [0.1, 0.15) is 72.5 Å². The lowest BCUT2D eigenvalue weighted by Crippen LogP contribution is -2.38. The number of nitrogens with one attached hydrogen (secondary N) is 1. The van der Waals surface area contributed by atoms with Crippen LogP contribution >= 0.6 is 0 Å². The van der Waals surface area contributed by atoms with Crippen molar-refractivity contribution in [3.8, 4) is 0 Å². The van der Waals surface area contributed by atoms with Crippen LogP contribution in [0.5, 0.6) is 0 Å². The molecule has 0 bridgehead atoms. The van der Waals surface area contributed by atoms with Crippen LogP contribution in [0.2, 0.25) is 0 Å². The Hall–Kier alpha value is -0.830. The van der Waals surface area contributed by atoms with Crippen molar-refractivity contribution in [1.82, 2.24) is 15.1 Å². The molecule has 1 aromatic heterocycles. The first-order valence-corrected chi connectivity index (χ1v) is 8.14. The maximum atomic E-state index is 4.73. The van der Waals surface area contributed by atoms with Gasteiger partial charge in [-0.25, -0.2) is 0 Å². The van der Waals surface area contributed by atoms with E-state index in [9.17, 15) is 0 Å². The molecule has 20 heavy (non-hydrogen) atoms. The fourth-order valence-electron chi connectivity index (χ4n) is 2.35. The maximum absolute atomic E-state index is 4.73. The summed E-state index contributed by atoms with van der Waals surface area (Å²) in [6.45, 7) is 14.5. The van der Waals surface area contributed by atoms with Crippen molar-refractivity contribution in [3.63, 3.8) is 0 Å². The maximum Gasteiger partial charge on any atom is 0.0624 e. The molecule has 0 fully saturated rings. The van der Waals surface area contributed by atoms with Crippen molar-refractivity contribution >= 4 is 0 Å². The fourth-order valence-corrected chi connectivity index (χ4v) is 2.35. The minimum Gasteiger partial charge on any atom is -0.312 e. The molecule has 0 saturated carbocycles. The van der Waals surface area contributed by atoms with Crippen LogP contribution in [-0.4, -0.2) is 21.9 Å². The van der Waals surface area contributed by atoms with E-state index in [-0.39, 0.29) is 5.54 Å². The van der Waals surface area contributed by atoms with Crippen molar-refractivity contribution in [1.29, 1.82) is 0 Å². The molecular formula is C17H33N3. The summed E-state index contributed by atoms with van der Waals surface area (Å²) in [7, 11) is 0. The van der Waals surface area contributed by atoms with Crippen LogP contribution in [0, 0.1) is 5.92 Å². The van der Waals surface area contributed by atoms with E-state index in [1.54, 1.807) is 0 Å². The largest absolute Gasteiger partial charge is 0.312 e. The SMILES string of the molecule is CCC(CC)n1ccc(CCC(C)CNC(C)(C)C)n1. The van der Waals surface area contributed by atoms with E-state index in [0.717, 1.165) is 25.8 Å². The molecular weight excluding hydrogens is 246 g/mol. The fraction of sp³-hybridized carbons (Fsp3) is 0.824. The minimum absolute atomic E-state index is 0.214. The van der Waals surface area contributed by atoms with Gasteiger partial charge in [0.15, 0.2) is 0 Å². The van der Waals surface area contributed by atoms with Gasteiger partial charge in [-0.2, -0.15) is 5.10 Å².